The van der Waals surface area contributed by atoms with Gasteiger partial charge in [0.1, 0.15) is 5.82 Å². The molecule has 0 atom stereocenters. The van der Waals surface area contributed by atoms with Crippen LogP contribution >= 0.6 is 12.2 Å². The van der Waals surface area contributed by atoms with Gasteiger partial charge in [0, 0.05) is 33.1 Å². The molecule has 7 heteroatoms. The number of aromatic amines is 1. The Labute approximate surface area is 134 Å². The number of nitrogens with zero attached hydrogens (tertiary/aromatic N) is 3. The number of hydrogen-bond acceptors (Lipinski definition) is 4. The number of nitrogens with one attached hydrogen (secondary N) is 2. The molecule has 6 nitrogen and oxygen atoms in total. The summed E-state index contributed by atoms with van der Waals surface area (Å²) in [5.41, 5.74) is 2.63. The number of carbonyl (C=O) groups is 1. The Balaban J connectivity index is 1.44. The van der Waals surface area contributed by atoms with E-state index in [9.17, 15) is 4.79 Å². The van der Waals surface area contributed by atoms with Gasteiger partial charge in [-0.2, -0.15) is 5.10 Å². The first-order chi connectivity index (χ1) is 10.6. The molecule has 116 valence electrons. The fourth-order valence-electron chi connectivity index (χ4n) is 2.69. The van der Waals surface area contributed by atoms with Gasteiger partial charge in [-0.15, -0.1) is 0 Å². The first-order valence-electron chi connectivity index (χ1n) is 7.29. The SMILES string of the molecule is Cn1c(CCNC(=O)CN2Cc3ccccc3C2)n[nH]c1=S. The van der Waals surface area contributed by atoms with Gasteiger partial charge < -0.3 is 9.88 Å². The van der Waals surface area contributed by atoms with Crippen molar-refractivity contribution in [1.82, 2.24) is 25.0 Å². The summed E-state index contributed by atoms with van der Waals surface area (Å²) in [6.07, 6.45) is 0.662. The molecule has 0 fully saturated rings. The summed E-state index contributed by atoms with van der Waals surface area (Å²) in [7, 11) is 1.87. The van der Waals surface area contributed by atoms with E-state index < -0.39 is 0 Å². The molecule has 0 aliphatic carbocycles. The Morgan fingerprint density at radius 2 is 2.05 bits per heavy atom. The highest BCUT2D eigenvalue weighted by Crippen LogP contribution is 2.21. The van der Waals surface area contributed by atoms with E-state index in [0.29, 0.717) is 24.3 Å². The molecule has 0 saturated carbocycles. The maximum Gasteiger partial charge on any atom is 0.234 e. The van der Waals surface area contributed by atoms with Crippen molar-refractivity contribution in [2.45, 2.75) is 19.5 Å². The van der Waals surface area contributed by atoms with Crippen molar-refractivity contribution in [3.8, 4) is 0 Å². The molecule has 1 aliphatic rings. The molecule has 2 aromatic rings. The molecule has 2 N–H and O–H groups in total. The fourth-order valence-corrected chi connectivity index (χ4v) is 2.84. The Kier molecular flexibility index (Phi) is 4.35. The predicted molar refractivity (Wildman–Crippen MR) is 85.7 cm³/mol. The summed E-state index contributed by atoms with van der Waals surface area (Å²) in [5.74, 6) is 0.892. The largest absolute Gasteiger partial charge is 0.355 e. The first-order valence-corrected chi connectivity index (χ1v) is 7.70. The third-order valence-corrected chi connectivity index (χ3v) is 4.28. The zero-order valence-corrected chi connectivity index (χ0v) is 13.3. The number of fused-ring (bicyclic) bond motifs is 1. The Hall–Kier alpha value is -1.99. The minimum Gasteiger partial charge on any atom is -0.355 e. The maximum absolute atomic E-state index is 12.0. The number of aromatic nitrogens is 3. The van der Waals surface area contributed by atoms with Crippen LogP contribution in [-0.2, 0) is 31.4 Å². The van der Waals surface area contributed by atoms with Gasteiger partial charge in [0.05, 0.1) is 6.54 Å². The highest BCUT2D eigenvalue weighted by molar-refractivity contribution is 7.71. The van der Waals surface area contributed by atoms with Gasteiger partial charge >= 0.3 is 0 Å². The molecule has 0 saturated heterocycles. The average molecular weight is 317 g/mol. The third-order valence-electron chi connectivity index (χ3n) is 3.92. The van der Waals surface area contributed by atoms with Crippen molar-refractivity contribution >= 4 is 18.1 Å². The van der Waals surface area contributed by atoms with Crippen LogP contribution in [0.15, 0.2) is 24.3 Å². The van der Waals surface area contributed by atoms with Crippen LogP contribution in [-0.4, -0.2) is 38.7 Å². The lowest BCUT2D eigenvalue weighted by molar-refractivity contribution is -0.122. The summed E-state index contributed by atoms with van der Waals surface area (Å²) in [6.45, 7) is 2.68. The van der Waals surface area contributed by atoms with Crippen LogP contribution in [0.25, 0.3) is 0 Å². The number of carbonyl (C=O) groups excluding carboxylic acids is 1. The highest BCUT2D eigenvalue weighted by Gasteiger charge is 2.20. The minimum atomic E-state index is 0.0459. The van der Waals surface area contributed by atoms with E-state index in [1.54, 1.807) is 0 Å². The third kappa shape index (κ3) is 3.26. The Bertz CT molecular complexity index is 711. The maximum atomic E-state index is 12.0. The molecule has 3 rings (SSSR count). The van der Waals surface area contributed by atoms with Gasteiger partial charge in [0.2, 0.25) is 5.91 Å². The van der Waals surface area contributed by atoms with Gasteiger partial charge in [-0.3, -0.25) is 14.8 Å². The number of benzene rings is 1. The lowest BCUT2D eigenvalue weighted by Crippen LogP contribution is -2.35. The summed E-state index contributed by atoms with van der Waals surface area (Å²) < 4.78 is 2.41. The molecule has 0 spiro atoms. The number of amides is 1. The highest BCUT2D eigenvalue weighted by atomic mass is 32.1. The normalized spacial score (nSPS) is 14.0. The topological polar surface area (TPSA) is 66.0 Å². The van der Waals surface area contributed by atoms with E-state index in [4.69, 9.17) is 12.2 Å². The molecule has 1 aromatic heterocycles. The molecule has 0 radical (unpaired) electrons. The van der Waals surface area contributed by atoms with Crippen LogP contribution in [0.5, 0.6) is 0 Å². The predicted octanol–water partition coefficient (Wildman–Crippen LogP) is 1.15. The van der Waals surface area contributed by atoms with E-state index in [1.165, 1.54) is 11.1 Å². The second-order valence-corrected chi connectivity index (χ2v) is 5.90. The van der Waals surface area contributed by atoms with Crippen molar-refractivity contribution in [2.75, 3.05) is 13.1 Å². The molecule has 1 amide bonds. The summed E-state index contributed by atoms with van der Waals surface area (Å²) >= 11 is 5.06. The molecule has 0 bridgehead atoms. The smallest absolute Gasteiger partial charge is 0.234 e. The lowest BCUT2D eigenvalue weighted by Gasteiger charge is -2.14. The van der Waals surface area contributed by atoms with Crippen LogP contribution in [0.1, 0.15) is 17.0 Å². The van der Waals surface area contributed by atoms with E-state index in [1.807, 2.05) is 23.7 Å². The first kappa shape index (κ1) is 14.9. The van der Waals surface area contributed by atoms with E-state index >= 15 is 0 Å². The van der Waals surface area contributed by atoms with Crippen LogP contribution < -0.4 is 5.32 Å². The van der Waals surface area contributed by atoms with Crippen LogP contribution in [0.3, 0.4) is 0 Å². The minimum absolute atomic E-state index is 0.0459. The number of rotatable bonds is 5. The van der Waals surface area contributed by atoms with Crippen LogP contribution in [0.4, 0.5) is 0 Å². The molecule has 0 unspecified atom stereocenters. The fraction of sp³-hybridized carbons (Fsp3) is 0.400. The van der Waals surface area contributed by atoms with Crippen molar-refractivity contribution in [3.05, 3.63) is 46.0 Å². The second kappa shape index (κ2) is 6.41. The van der Waals surface area contributed by atoms with Crippen molar-refractivity contribution in [1.29, 1.82) is 0 Å². The average Bonchev–Trinajstić information content (AvgIpc) is 3.04. The second-order valence-electron chi connectivity index (χ2n) is 5.52. The Morgan fingerprint density at radius 1 is 1.36 bits per heavy atom. The van der Waals surface area contributed by atoms with Gasteiger partial charge in [-0.1, -0.05) is 24.3 Å². The van der Waals surface area contributed by atoms with E-state index in [-0.39, 0.29) is 5.91 Å². The summed E-state index contributed by atoms with van der Waals surface area (Å²) in [4.78, 5) is 14.2. The van der Waals surface area contributed by atoms with Crippen LogP contribution in [0, 0.1) is 4.77 Å². The molecular weight excluding hydrogens is 298 g/mol. The van der Waals surface area contributed by atoms with Crippen molar-refractivity contribution < 1.29 is 4.79 Å². The Morgan fingerprint density at radius 3 is 2.64 bits per heavy atom. The summed E-state index contributed by atoms with van der Waals surface area (Å²) in [6, 6.07) is 8.33. The van der Waals surface area contributed by atoms with Gasteiger partial charge in [-0.25, -0.2) is 0 Å². The van der Waals surface area contributed by atoms with Crippen molar-refractivity contribution in [2.24, 2.45) is 7.05 Å². The standard InChI is InChI=1S/C15H19N5OS/c1-19-13(17-18-15(19)22)6-7-16-14(21)10-20-8-11-4-2-3-5-12(11)9-20/h2-5H,6-10H2,1H3,(H,16,21)(H,18,22). The van der Waals surface area contributed by atoms with E-state index in [0.717, 1.165) is 18.9 Å². The molecule has 1 aliphatic heterocycles. The van der Waals surface area contributed by atoms with E-state index in [2.05, 4.69) is 32.5 Å². The number of hydrogen-bond donors (Lipinski definition) is 2. The quantitative estimate of drug-likeness (QED) is 0.812. The monoisotopic (exact) mass is 317 g/mol. The van der Waals surface area contributed by atoms with Gasteiger partial charge in [-0.05, 0) is 23.3 Å². The van der Waals surface area contributed by atoms with Gasteiger partial charge in [0.15, 0.2) is 4.77 Å². The van der Waals surface area contributed by atoms with Crippen LogP contribution in [0.2, 0.25) is 0 Å². The summed E-state index contributed by atoms with van der Waals surface area (Å²) in [5, 5.41) is 9.80. The van der Waals surface area contributed by atoms with Gasteiger partial charge in [0.25, 0.3) is 0 Å². The molecule has 2 heterocycles. The van der Waals surface area contributed by atoms with Crippen molar-refractivity contribution in [3.63, 3.8) is 0 Å². The zero-order valence-electron chi connectivity index (χ0n) is 12.5. The molecule has 1 aromatic carbocycles. The molecular formula is C15H19N5OS. The zero-order chi connectivity index (χ0) is 15.5. The molecule has 22 heavy (non-hydrogen) atoms. The lowest BCUT2D eigenvalue weighted by atomic mass is 10.1. The number of H-pyrrole nitrogens is 1.